The molecule has 2 saturated heterocycles. The van der Waals surface area contributed by atoms with E-state index >= 15 is 0 Å². The standard InChI is InChI=1S/C20H32N4O6S/c1-20(2,3)29-19(25)23-8-5-15(6-9-23)14-28-18-12-21-17(11-22-18)24-10-7-16(13-24)30-31(4,26)27/h11-12,15-16H,5-10,13-14H2,1-4H3. The van der Waals surface area contributed by atoms with Crippen LogP contribution in [-0.2, 0) is 19.0 Å². The van der Waals surface area contributed by atoms with Gasteiger partial charge in [-0.25, -0.2) is 14.8 Å². The van der Waals surface area contributed by atoms with E-state index in [1.807, 2.05) is 25.7 Å². The van der Waals surface area contributed by atoms with Crippen LogP contribution in [0.2, 0.25) is 0 Å². The van der Waals surface area contributed by atoms with Crippen LogP contribution in [0.15, 0.2) is 12.4 Å². The number of carbonyl (C=O) groups excluding carboxylic acids is 1. The first-order valence-corrected chi connectivity index (χ1v) is 12.4. The highest BCUT2D eigenvalue weighted by atomic mass is 32.2. The molecule has 2 fully saturated rings. The first-order valence-electron chi connectivity index (χ1n) is 10.5. The Balaban J connectivity index is 1.41. The van der Waals surface area contributed by atoms with Crippen LogP contribution < -0.4 is 9.64 Å². The monoisotopic (exact) mass is 456 g/mol. The number of likely N-dealkylation sites (tertiary alicyclic amines) is 1. The normalized spacial score (nSPS) is 20.7. The molecule has 1 unspecified atom stereocenters. The van der Waals surface area contributed by atoms with Crippen LogP contribution in [0.1, 0.15) is 40.0 Å². The van der Waals surface area contributed by atoms with E-state index in [0.717, 1.165) is 19.1 Å². The van der Waals surface area contributed by atoms with Gasteiger partial charge < -0.3 is 19.3 Å². The number of carbonyl (C=O) groups is 1. The molecule has 0 spiro atoms. The van der Waals surface area contributed by atoms with Gasteiger partial charge in [-0.05, 0) is 46.0 Å². The number of aromatic nitrogens is 2. The van der Waals surface area contributed by atoms with Crippen molar-refractivity contribution in [2.75, 3.05) is 43.9 Å². The summed E-state index contributed by atoms with van der Waals surface area (Å²) in [5.41, 5.74) is -0.488. The van der Waals surface area contributed by atoms with Crippen LogP contribution in [0.3, 0.4) is 0 Å². The Bertz CT molecular complexity index is 847. The van der Waals surface area contributed by atoms with Crippen LogP contribution in [0.4, 0.5) is 10.6 Å². The molecule has 1 atom stereocenters. The lowest BCUT2D eigenvalue weighted by molar-refractivity contribution is 0.0164. The van der Waals surface area contributed by atoms with Crippen molar-refractivity contribution >= 4 is 22.0 Å². The predicted octanol–water partition coefficient (Wildman–Crippen LogP) is 2.06. The molecule has 3 rings (SSSR count). The second kappa shape index (κ2) is 9.56. The fourth-order valence-electron chi connectivity index (χ4n) is 3.62. The largest absolute Gasteiger partial charge is 0.476 e. The molecule has 174 valence electrons. The van der Waals surface area contributed by atoms with E-state index < -0.39 is 15.7 Å². The molecule has 10 nitrogen and oxygen atoms in total. The zero-order valence-corrected chi connectivity index (χ0v) is 19.4. The SMILES string of the molecule is CC(C)(C)OC(=O)N1CCC(COc2cnc(N3CCC(OS(C)(=O)=O)C3)cn2)CC1. The van der Waals surface area contributed by atoms with Crippen molar-refractivity contribution in [1.82, 2.24) is 14.9 Å². The van der Waals surface area contributed by atoms with E-state index in [0.29, 0.717) is 56.8 Å². The lowest BCUT2D eigenvalue weighted by Gasteiger charge is -2.33. The third kappa shape index (κ3) is 7.49. The predicted molar refractivity (Wildman–Crippen MR) is 115 cm³/mol. The zero-order chi connectivity index (χ0) is 22.6. The summed E-state index contributed by atoms with van der Waals surface area (Å²) in [7, 11) is -3.47. The van der Waals surface area contributed by atoms with E-state index in [1.54, 1.807) is 17.3 Å². The highest BCUT2D eigenvalue weighted by Gasteiger charge is 2.28. The highest BCUT2D eigenvalue weighted by Crippen LogP contribution is 2.23. The zero-order valence-electron chi connectivity index (χ0n) is 18.6. The smallest absolute Gasteiger partial charge is 0.410 e. The number of ether oxygens (including phenoxy) is 2. The maximum absolute atomic E-state index is 12.1. The maximum atomic E-state index is 12.1. The van der Waals surface area contributed by atoms with E-state index in [-0.39, 0.29) is 12.2 Å². The van der Waals surface area contributed by atoms with Gasteiger partial charge >= 0.3 is 6.09 Å². The van der Waals surface area contributed by atoms with E-state index in [1.165, 1.54) is 0 Å². The Labute approximate surface area is 184 Å². The van der Waals surface area contributed by atoms with E-state index in [4.69, 9.17) is 13.7 Å². The van der Waals surface area contributed by atoms with Gasteiger partial charge in [0, 0.05) is 26.2 Å². The number of hydrogen-bond acceptors (Lipinski definition) is 9. The van der Waals surface area contributed by atoms with Crippen LogP contribution in [0.5, 0.6) is 5.88 Å². The Morgan fingerprint density at radius 1 is 1.13 bits per heavy atom. The van der Waals surface area contributed by atoms with Gasteiger partial charge in [0.05, 0.1) is 31.4 Å². The molecule has 31 heavy (non-hydrogen) atoms. The van der Waals surface area contributed by atoms with Gasteiger partial charge in [0.2, 0.25) is 5.88 Å². The van der Waals surface area contributed by atoms with Crippen molar-refractivity contribution in [2.24, 2.45) is 5.92 Å². The molecule has 0 radical (unpaired) electrons. The number of amides is 1. The molecule has 3 heterocycles. The van der Waals surface area contributed by atoms with Gasteiger partial charge in [-0.15, -0.1) is 0 Å². The van der Waals surface area contributed by atoms with Gasteiger partial charge in [-0.3, -0.25) is 4.18 Å². The van der Waals surface area contributed by atoms with Crippen molar-refractivity contribution in [3.8, 4) is 5.88 Å². The summed E-state index contributed by atoms with van der Waals surface area (Å²) in [5, 5.41) is 0. The minimum absolute atomic E-state index is 0.264. The Kier molecular flexibility index (Phi) is 7.25. The Morgan fingerprint density at radius 3 is 2.42 bits per heavy atom. The summed E-state index contributed by atoms with van der Waals surface area (Å²) in [6, 6.07) is 0. The Morgan fingerprint density at radius 2 is 1.84 bits per heavy atom. The average molecular weight is 457 g/mol. The molecule has 1 aromatic heterocycles. The molecule has 1 aromatic rings. The summed E-state index contributed by atoms with van der Waals surface area (Å²) in [6.45, 7) is 8.53. The van der Waals surface area contributed by atoms with Gasteiger partial charge in [-0.1, -0.05) is 0 Å². The third-order valence-corrected chi connectivity index (χ3v) is 5.75. The van der Waals surface area contributed by atoms with Crippen LogP contribution in [0, 0.1) is 5.92 Å². The number of rotatable bonds is 6. The molecule has 0 saturated carbocycles. The van der Waals surface area contributed by atoms with Crippen molar-refractivity contribution in [3.63, 3.8) is 0 Å². The lowest BCUT2D eigenvalue weighted by Crippen LogP contribution is -2.42. The van der Waals surface area contributed by atoms with Crippen LogP contribution >= 0.6 is 0 Å². The van der Waals surface area contributed by atoms with Gasteiger partial charge in [0.15, 0.2) is 0 Å². The molecule has 0 N–H and O–H groups in total. The van der Waals surface area contributed by atoms with Gasteiger partial charge in [-0.2, -0.15) is 8.42 Å². The first-order chi connectivity index (χ1) is 14.5. The van der Waals surface area contributed by atoms with Gasteiger partial charge in [0.25, 0.3) is 10.1 Å². The molecule has 0 bridgehead atoms. The van der Waals surface area contributed by atoms with Crippen LogP contribution in [0.25, 0.3) is 0 Å². The van der Waals surface area contributed by atoms with Crippen molar-refractivity contribution in [3.05, 3.63) is 12.4 Å². The van der Waals surface area contributed by atoms with Crippen molar-refractivity contribution in [2.45, 2.75) is 51.7 Å². The van der Waals surface area contributed by atoms with Crippen molar-refractivity contribution < 1.29 is 26.9 Å². The summed E-state index contributed by atoms with van der Waals surface area (Å²) in [5.74, 6) is 1.45. The molecule has 2 aliphatic heterocycles. The lowest BCUT2D eigenvalue weighted by atomic mass is 9.98. The molecule has 11 heteroatoms. The fourth-order valence-corrected chi connectivity index (χ4v) is 4.27. The highest BCUT2D eigenvalue weighted by molar-refractivity contribution is 7.86. The number of piperidine rings is 1. The first kappa shape index (κ1) is 23.5. The van der Waals surface area contributed by atoms with Gasteiger partial charge in [0.1, 0.15) is 11.4 Å². The van der Waals surface area contributed by atoms with Crippen LogP contribution in [-0.4, -0.2) is 80.1 Å². The summed E-state index contributed by atoms with van der Waals surface area (Å²) in [6.07, 6.45) is 5.95. The quantitative estimate of drug-likeness (QED) is 0.594. The fraction of sp³-hybridized carbons (Fsp3) is 0.750. The Hall–Kier alpha value is -2.14. The minimum Gasteiger partial charge on any atom is -0.476 e. The second-order valence-electron chi connectivity index (χ2n) is 9.09. The van der Waals surface area contributed by atoms with E-state index in [9.17, 15) is 13.2 Å². The summed E-state index contributed by atoms with van der Waals surface area (Å²) < 4.78 is 38.8. The number of nitrogens with zero attached hydrogens (tertiary/aromatic N) is 4. The molecule has 0 aromatic carbocycles. The molecular weight excluding hydrogens is 424 g/mol. The minimum atomic E-state index is -3.47. The second-order valence-corrected chi connectivity index (χ2v) is 10.7. The van der Waals surface area contributed by atoms with E-state index in [2.05, 4.69) is 9.97 Å². The van der Waals surface area contributed by atoms with Crippen molar-refractivity contribution in [1.29, 1.82) is 0 Å². The molecule has 1 amide bonds. The summed E-state index contributed by atoms with van der Waals surface area (Å²) in [4.78, 5) is 24.5. The number of hydrogen-bond donors (Lipinski definition) is 0. The molecule has 0 aliphatic carbocycles. The third-order valence-electron chi connectivity index (χ3n) is 5.13. The maximum Gasteiger partial charge on any atom is 0.410 e. The number of anilines is 1. The molecular formula is C20H32N4O6S. The summed E-state index contributed by atoms with van der Waals surface area (Å²) >= 11 is 0. The molecule has 2 aliphatic rings. The topological polar surface area (TPSA) is 111 Å². The average Bonchev–Trinajstić information content (AvgIpc) is 3.12.